The van der Waals surface area contributed by atoms with Gasteiger partial charge in [0.1, 0.15) is 0 Å². The van der Waals surface area contributed by atoms with Crippen molar-refractivity contribution >= 4 is 11.3 Å². The van der Waals surface area contributed by atoms with Gasteiger partial charge in [0, 0.05) is 6.04 Å². The molecule has 0 radical (unpaired) electrons. The van der Waals surface area contributed by atoms with Gasteiger partial charge in [-0.05, 0) is 54.6 Å². The van der Waals surface area contributed by atoms with Crippen LogP contribution in [0, 0.1) is 5.92 Å². The van der Waals surface area contributed by atoms with Gasteiger partial charge in [0.25, 0.3) is 0 Å². The van der Waals surface area contributed by atoms with Gasteiger partial charge in [-0.3, -0.25) is 0 Å². The van der Waals surface area contributed by atoms with E-state index in [1.165, 1.54) is 37.7 Å². The van der Waals surface area contributed by atoms with Gasteiger partial charge < -0.3 is 5.32 Å². The Morgan fingerprint density at radius 2 is 2.29 bits per heavy atom. The van der Waals surface area contributed by atoms with Crippen molar-refractivity contribution in [3.8, 4) is 0 Å². The highest BCUT2D eigenvalue weighted by Crippen LogP contribution is 2.29. The van der Waals surface area contributed by atoms with Crippen LogP contribution >= 0.6 is 11.3 Å². The predicted octanol–water partition coefficient (Wildman–Crippen LogP) is 3.07. The number of thiophene rings is 1. The fourth-order valence-electron chi connectivity index (χ4n) is 2.53. The van der Waals surface area contributed by atoms with Crippen molar-refractivity contribution in [2.24, 2.45) is 5.92 Å². The van der Waals surface area contributed by atoms with Crippen LogP contribution in [0.15, 0.2) is 16.8 Å². The fraction of sp³-hybridized carbons (Fsp3) is 0.667. The molecule has 0 bridgehead atoms. The lowest BCUT2D eigenvalue weighted by atomic mass is 9.93. The lowest BCUT2D eigenvalue weighted by Crippen LogP contribution is -2.34. The molecular formula is C12H19NS. The van der Waals surface area contributed by atoms with Crippen LogP contribution in [0.3, 0.4) is 0 Å². The second-order valence-corrected chi connectivity index (χ2v) is 5.06. The van der Waals surface area contributed by atoms with Gasteiger partial charge >= 0.3 is 0 Å². The van der Waals surface area contributed by atoms with E-state index in [0.29, 0.717) is 6.04 Å². The summed E-state index contributed by atoms with van der Waals surface area (Å²) in [5, 5.41) is 7.94. The molecule has 1 N–H and O–H groups in total. The molecule has 0 saturated heterocycles. The molecule has 1 aliphatic rings. The summed E-state index contributed by atoms with van der Waals surface area (Å²) in [6, 6.07) is 2.95. The van der Waals surface area contributed by atoms with Gasteiger partial charge in [0.15, 0.2) is 0 Å². The maximum absolute atomic E-state index is 3.49. The predicted molar refractivity (Wildman–Crippen MR) is 62.8 cm³/mol. The van der Waals surface area contributed by atoms with Crippen molar-refractivity contribution in [3.05, 3.63) is 22.4 Å². The molecule has 1 nitrogen and oxygen atoms in total. The van der Waals surface area contributed by atoms with Crippen LogP contribution in [0.25, 0.3) is 0 Å². The second kappa shape index (κ2) is 4.94. The van der Waals surface area contributed by atoms with E-state index in [1.807, 2.05) is 0 Å². The highest BCUT2D eigenvalue weighted by atomic mass is 32.1. The zero-order valence-corrected chi connectivity index (χ0v) is 9.65. The van der Waals surface area contributed by atoms with Gasteiger partial charge in [-0.1, -0.05) is 12.8 Å². The molecular weight excluding hydrogens is 190 g/mol. The molecule has 2 rings (SSSR count). The lowest BCUT2D eigenvalue weighted by molar-refractivity contribution is 0.377. The molecule has 1 saturated carbocycles. The first-order chi connectivity index (χ1) is 6.90. The molecule has 1 aliphatic carbocycles. The van der Waals surface area contributed by atoms with Crippen molar-refractivity contribution < 1.29 is 0 Å². The van der Waals surface area contributed by atoms with Gasteiger partial charge in [-0.15, -0.1) is 0 Å². The standard InChI is InChI=1S/C12H19NS/c1-13-12(11-4-2-3-5-11)8-10-6-7-14-9-10/h6-7,9,11-13H,2-5,8H2,1H3. The first-order valence-corrected chi connectivity index (χ1v) is 6.53. The van der Waals surface area contributed by atoms with E-state index in [1.54, 1.807) is 11.3 Å². The molecule has 0 aliphatic heterocycles. The Labute approximate surface area is 90.5 Å². The second-order valence-electron chi connectivity index (χ2n) is 4.28. The highest BCUT2D eigenvalue weighted by molar-refractivity contribution is 7.07. The Kier molecular flexibility index (Phi) is 3.60. The van der Waals surface area contributed by atoms with Crippen molar-refractivity contribution in [2.45, 2.75) is 38.1 Å². The summed E-state index contributed by atoms with van der Waals surface area (Å²) in [4.78, 5) is 0. The zero-order valence-electron chi connectivity index (χ0n) is 8.83. The number of hydrogen-bond donors (Lipinski definition) is 1. The van der Waals surface area contributed by atoms with Crippen LogP contribution in [0.1, 0.15) is 31.2 Å². The van der Waals surface area contributed by atoms with Crippen LogP contribution in [-0.2, 0) is 6.42 Å². The summed E-state index contributed by atoms with van der Waals surface area (Å²) in [5.74, 6) is 0.917. The van der Waals surface area contributed by atoms with E-state index in [4.69, 9.17) is 0 Å². The minimum absolute atomic E-state index is 0.701. The molecule has 78 valence electrons. The van der Waals surface area contributed by atoms with E-state index in [0.717, 1.165) is 5.92 Å². The Morgan fingerprint density at radius 1 is 1.50 bits per heavy atom. The first kappa shape index (κ1) is 10.2. The van der Waals surface area contributed by atoms with Crippen LogP contribution < -0.4 is 5.32 Å². The summed E-state index contributed by atoms with van der Waals surface area (Å²) in [6.45, 7) is 0. The van der Waals surface area contributed by atoms with Gasteiger partial charge in [-0.25, -0.2) is 0 Å². The van der Waals surface area contributed by atoms with Crippen LogP contribution in [0.4, 0.5) is 0 Å². The fourth-order valence-corrected chi connectivity index (χ4v) is 3.21. The summed E-state index contributed by atoms with van der Waals surface area (Å²) in [5.41, 5.74) is 1.50. The third kappa shape index (κ3) is 2.37. The third-order valence-electron chi connectivity index (χ3n) is 3.38. The molecule has 1 aromatic heterocycles. The van der Waals surface area contributed by atoms with Crippen LogP contribution in [0.2, 0.25) is 0 Å². The third-order valence-corrected chi connectivity index (χ3v) is 4.11. The minimum atomic E-state index is 0.701. The van der Waals surface area contributed by atoms with E-state index in [9.17, 15) is 0 Å². The van der Waals surface area contributed by atoms with Crippen molar-refractivity contribution in [2.75, 3.05) is 7.05 Å². The monoisotopic (exact) mass is 209 g/mol. The SMILES string of the molecule is CNC(Cc1ccsc1)C1CCCC1. The molecule has 1 aromatic rings. The van der Waals surface area contributed by atoms with E-state index < -0.39 is 0 Å². The largest absolute Gasteiger partial charge is 0.316 e. The molecule has 0 aromatic carbocycles. The summed E-state index contributed by atoms with van der Waals surface area (Å²) in [6.07, 6.45) is 6.94. The van der Waals surface area contributed by atoms with Crippen LogP contribution in [0.5, 0.6) is 0 Å². The first-order valence-electron chi connectivity index (χ1n) is 5.58. The van der Waals surface area contributed by atoms with Gasteiger partial charge in [0.2, 0.25) is 0 Å². The number of hydrogen-bond acceptors (Lipinski definition) is 2. The molecule has 14 heavy (non-hydrogen) atoms. The smallest absolute Gasteiger partial charge is 0.0133 e. The van der Waals surface area contributed by atoms with Crippen molar-refractivity contribution in [3.63, 3.8) is 0 Å². The van der Waals surface area contributed by atoms with Gasteiger partial charge in [-0.2, -0.15) is 11.3 Å². The van der Waals surface area contributed by atoms with E-state index >= 15 is 0 Å². The Balaban J connectivity index is 1.92. The topological polar surface area (TPSA) is 12.0 Å². The average Bonchev–Trinajstić information content (AvgIpc) is 2.86. The van der Waals surface area contributed by atoms with Gasteiger partial charge in [0.05, 0.1) is 0 Å². The van der Waals surface area contributed by atoms with Crippen molar-refractivity contribution in [1.82, 2.24) is 5.32 Å². The Bertz CT molecular complexity index is 249. The molecule has 1 heterocycles. The highest BCUT2D eigenvalue weighted by Gasteiger charge is 2.23. The number of nitrogens with one attached hydrogen (secondary N) is 1. The summed E-state index contributed by atoms with van der Waals surface area (Å²) in [7, 11) is 2.11. The molecule has 1 fully saturated rings. The molecule has 0 amide bonds. The molecule has 0 spiro atoms. The Morgan fingerprint density at radius 3 is 2.86 bits per heavy atom. The number of likely N-dealkylation sites (N-methyl/N-ethyl adjacent to an activating group) is 1. The normalized spacial score (nSPS) is 20.1. The summed E-state index contributed by atoms with van der Waals surface area (Å²) < 4.78 is 0. The van der Waals surface area contributed by atoms with Crippen molar-refractivity contribution in [1.29, 1.82) is 0 Å². The maximum atomic E-state index is 3.49. The van der Waals surface area contributed by atoms with Crippen LogP contribution in [-0.4, -0.2) is 13.1 Å². The lowest BCUT2D eigenvalue weighted by Gasteiger charge is -2.22. The molecule has 1 atom stereocenters. The summed E-state index contributed by atoms with van der Waals surface area (Å²) >= 11 is 1.81. The number of rotatable bonds is 4. The van der Waals surface area contributed by atoms with E-state index in [2.05, 4.69) is 29.2 Å². The zero-order chi connectivity index (χ0) is 9.80. The Hall–Kier alpha value is -0.340. The minimum Gasteiger partial charge on any atom is -0.316 e. The average molecular weight is 209 g/mol. The molecule has 2 heteroatoms. The quantitative estimate of drug-likeness (QED) is 0.803. The maximum Gasteiger partial charge on any atom is 0.0133 e. The molecule has 1 unspecified atom stereocenters. The van der Waals surface area contributed by atoms with E-state index in [-0.39, 0.29) is 0 Å².